The van der Waals surface area contributed by atoms with Gasteiger partial charge in [-0.1, -0.05) is 13.8 Å². The first-order valence-corrected chi connectivity index (χ1v) is 6.35. The molecule has 5 nitrogen and oxygen atoms in total. The first kappa shape index (κ1) is 18.7. The molecule has 0 spiro atoms. The number of rotatable bonds is 6. The van der Waals surface area contributed by atoms with Gasteiger partial charge in [0.05, 0.1) is 12.6 Å². The molecule has 3 N–H and O–H groups in total. The third-order valence-corrected chi connectivity index (χ3v) is 2.73. The minimum atomic E-state index is -4.47. The molecule has 0 saturated carbocycles. The van der Waals surface area contributed by atoms with Crippen molar-refractivity contribution in [3.63, 3.8) is 0 Å². The number of hydrogen-bond donors (Lipinski definition) is 2. The maximum absolute atomic E-state index is 12.4. The Labute approximate surface area is 116 Å². The number of nitrogens with two attached hydrogens (primary N) is 1. The zero-order valence-electron chi connectivity index (χ0n) is 12.1. The van der Waals surface area contributed by atoms with Crippen LogP contribution in [0, 0.1) is 5.92 Å². The molecular weight excluding hydrogens is 275 g/mol. The molecule has 0 heterocycles. The van der Waals surface area contributed by atoms with Crippen LogP contribution in [0.5, 0.6) is 0 Å². The van der Waals surface area contributed by atoms with E-state index in [-0.39, 0.29) is 5.92 Å². The van der Waals surface area contributed by atoms with E-state index in [1.54, 1.807) is 13.8 Å². The van der Waals surface area contributed by atoms with Crippen LogP contribution in [0.1, 0.15) is 27.7 Å². The zero-order valence-corrected chi connectivity index (χ0v) is 12.1. The molecule has 0 fully saturated rings. The van der Waals surface area contributed by atoms with E-state index >= 15 is 0 Å². The lowest BCUT2D eigenvalue weighted by molar-refractivity contribution is -0.164. The predicted octanol–water partition coefficient (Wildman–Crippen LogP) is 0.885. The van der Waals surface area contributed by atoms with Crippen molar-refractivity contribution in [2.24, 2.45) is 11.7 Å². The number of nitrogens with one attached hydrogen (secondary N) is 1. The molecule has 0 bridgehead atoms. The highest BCUT2D eigenvalue weighted by molar-refractivity contribution is 5.87. The molecule has 0 aromatic carbocycles. The van der Waals surface area contributed by atoms with Crippen LogP contribution in [0.2, 0.25) is 0 Å². The Kier molecular flexibility index (Phi) is 6.98. The van der Waals surface area contributed by atoms with Crippen LogP contribution in [0.15, 0.2) is 0 Å². The molecule has 0 rings (SSSR count). The molecule has 0 aromatic heterocycles. The van der Waals surface area contributed by atoms with E-state index in [0.29, 0.717) is 4.90 Å². The van der Waals surface area contributed by atoms with Crippen LogP contribution in [0.3, 0.4) is 0 Å². The van der Waals surface area contributed by atoms with E-state index in [0.717, 1.165) is 0 Å². The van der Waals surface area contributed by atoms with Gasteiger partial charge < -0.3 is 16.0 Å². The number of amides is 2. The van der Waals surface area contributed by atoms with Crippen molar-refractivity contribution in [1.29, 1.82) is 0 Å². The topological polar surface area (TPSA) is 75.4 Å². The molecule has 0 aromatic rings. The van der Waals surface area contributed by atoms with E-state index in [2.05, 4.69) is 5.32 Å². The summed E-state index contributed by atoms with van der Waals surface area (Å²) < 4.78 is 37.1. The average molecular weight is 297 g/mol. The third kappa shape index (κ3) is 6.74. The van der Waals surface area contributed by atoms with Gasteiger partial charge in [-0.2, -0.15) is 13.2 Å². The lowest BCUT2D eigenvalue weighted by atomic mass is 10.1. The lowest BCUT2D eigenvalue weighted by Crippen LogP contribution is -2.50. The van der Waals surface area contributed by atoms with Gasteiger partial charge in [-0.25, -0.2) is 0 Å². The molecule has 0 radical (unpaired) electrons. The first-order valence-electron chi connectivity index (χ1n) is 6.35. The van der Waals surface area contributed by atoms with Gasteiger partial charge in [-0.05, 0) is 19.8 Å². The van der Waals surface area contributed by atoms with Gasteiger partial charge in [-0.3, -0.25) is 9.59 Å². The van der Waals surface area contributed by atoms with Crippen LogP contribution in [0.4, 0.5) is 13.2 Å². The Hall–Kier alpha value is -1.31. The normalized spacial score (nSPS) is 13.5. The van der Waals surface area contributed by atoms with Crippen LogP contribution < -0.4 is 11.1 Å². The maximum atomic E-state index is 12.4. The maximum Gasteiger partial charge on any atom is 0.406 e. The summed E-state index contributed by atoms with van der Waals surface area (Å²) >= 11 is 0. The molecule has 20 heavy (non-hydrogen) atoms. The van der Waals surface area contributed by atoms with Crippen molar-refractivity contribution >= 4 is 11.8 Å². The van der Waals surface area contributed by atoms with Gasteiger partial charge in [0.25, 0.3) is 0 Å². The number of alkyl halides is 3. The second-order valence-electron chi connectivity index (χ2n) is 5.22. The van der Waals surface area contributed by atoms with Crippen molar-refractivity contribution in [2.45, 2.75) is 46.0 Å². The molecule has 0 aliphatic carbocycles. The lowest BCUT2D eigenvalue weighted by Gasteiger charge is -2.28. The molecule has 2 amide bonds. The first-order chi connectivity index (χ1) is 8.95. The van der Waals surface area contributed by atoms with Gasteiger partial charge in [0.1, 0.15) is 6.54 Å². The van der Waals surface area contributed by atoms with Gasteiger partial charge in [0.15, 0.2) is 0 Å². The van der Waals surface area contributed by atoms with Crippen molar-refractivity contribution in [2.75, 3.05) is 13.1 Å². The molecule has 1 atom stereocenters. The summed E-state index contributed by atoms with van der Waals surface area (Å²) in [6.45, 7) is 4.59. The summed E-state index contributed by atoms with van der Waals surface area (Å²) in [7, 11) is 0. The van der Waals surface area contributed by atoms with Crippen LogP contribution in [-0.2, 0) is 9.59 Å². The van der Waals surface area contributed by atoms with E-state index < -0.39 is 43.2 Å². The van der Waals surface area contributed by atoms with Crippen molar-refractivity contribution in [1.82, 2.24) is 10.2 Å². The van der Waals surface area contributed by atoms with E-state index in [1.165, 1.54) is 13.8 Å². The second-order valence-corrected chi connectivity index (χ2v) is 5.22. The van der Waals surface area contributed by atoms with E-state index in [1.807, 2.05) is 0 Å². The smallest absolute Gasteiger partial charge is 0.346 e. The summed E-state index contributed by atoms with van der Waals surface area (Å²) in [5.74, 6) is -1.47. The summed E-state index contributed by atoms with van der Waals surface area (Å²) in [5, 5.41) is 2.26. The Balaban J connectivity index is 4.53. The molecule has 8 heteroatoms. The van der Waals surface area contributed by atoms with Crippen LogP contribution >= 0.6 is 0 Å². The van der Waals surface area contributed by atoms with Crippen molar-refractivity contribution < 1.29 is 22.8 Å². The molecular formula is C12H22F3N3O2. The van der Waals surface area contributed by atoms with Gasteiger partial charge in [0.2, 0.25) is 11.8 Å². The summed E-state index contributed by atoms with van der Waals surface area (Å²) in [6.07, 6.45) is -4.47. The van der Waals surface area contributed by atoms with E-state index in [9.17, 15) is 22.8 Å². The number of carbonyl (C=O) groups excluding carboxylic acids is 2. The molecule has 0 aliphatic heterocycles. The average Bonchev–Trinajstić information content (AvgIpc) is 2.29. The van der Waals surface area contributed by atoms with Gasteiger partial charge in [0, 0.05) is 6.04 Å². The Morgan fingerprint density at radius 1 is 1.20 bits per heavy atom. The van der Waals surface area contributed by atoms with Crippen molar-refractivity contribution in [3.05, 3.63) is 0 Å². The van der Waals surface area contributed by atoms with Crippen LogP contribution in [-0.4, -0.2) is 48.1 Å². The van der Waals surface area contributed by atoms with Crippen LogP contribution in [0.25, 0.3) is 0 Å². The van der Waals surface area contributed by atoms with E-state index in [4.69, 9.17) is 5.73 Å². The molecule has 0 saturated heterocycles. The molecule has 118 valence electrons. The van der Waals surface area contributed by atoms with Gasteiger partial charge >= 0.3 is 6.18 Å². The third-order valence-electron chi connectivity index (χ3n) is 2.73. The second kappa shape index (κ2) is 7.47. The number of hydrogen-bond acceptors (Lipinski definition) is 3. The highest BCUT2D eigenvalue weighted by Gasteiger charge is 2.34. The Morgan fingerprint density at radius 3 is 2.05 bits per heavy atom. The number of halogens is 3. The van der Waals surface area contributed by atoms with Crippen molar-refractivity contribution in [3.8, 4) is 0 Å². The molecule has 0 aliphatic rings. The minimum Gasteiger partial charge on any atom is -0.346 e. The summed E-state index contributed by atoms with van der Waals surface area (Å²) in [4.78, 5) is 23.9. The Morgan fingerprint density at radius 2 is 1.70 bits per heavy atom. The number of nitrogens with zero attached hydrogens (tertiary/aromatic N) is 1. The molecule has 0 unspecified atom stereocenters. The monoisotopic (exact) mass is 297 g/mol. The number of carbonyl (C=O) groups is 2. The quantitative estimate of drug-likeness (QED) is 0.764. The fourth-order valence-electron chi connectivity index (χ4n) is 1.44. The summed E-state index contributed by atoms with van der Waals surface area (Å²) in [5.41, 5.74) is 5.57. The summed E-state index contributed by atoms with van der Waals surface area (Å²) in [6, 6.07) is -1.40. The zero-order chi connectivity index (χ0) is 16.1. The largest absolute Gasteiger partial charge is 0.406 e. The Bertz CT molecular complexity index is 343. The predicted molar refractivity (Wildman–Crippen MR) is 68.7 cm³/mol. The fraction of sp³-hybridized carbons (Fsp3) is 0.833. The van der Waals surface area contributed by atoms with Gasteiger partial charge in [-0.15, -0.1) is 0 Å². The highest BCUT2D eigenvalue weighted by atomic mass is 19.4. The fourth-order valence-corrected chi connectivity index (χ4v) is 1.44. The minimum absolute atomic E-state index is 0.124. The highest BCUT2D eigenvalue weighted by Crippen LogP contribution is 2.18. The SMILES string of the molecule is CC(C)[C@H](N)C(=O)NCC(=O)N(CC(F)(F)F)C(C)C. The standard InChI is InChI=1S/C12H22F3N3O2/c1-7(2)10(16)11(20)17-5-9(19)18(8(3)4)6-12(13,14)15/h7-8,10H,5-6,16H2,1-4H3,(H,17,20)/t10-/m0/s1.